The van der Waals surface area contributed by atoms with Crippen molar-refractivity contribution >= 4 is 0 Å². The van der Waals surface area contributed by atoms with Crippen LogP contribution in [-0.4, -0.2) is 24.3 Å². The second-order valence-electron chi connectivity index (χ2n) is 7.63. The maximum atomic E-state index is 6.63. The SMILES string of the molecule is CCCCC(N)(CCCC)COCC(N)(CCCC)CCCC. The van der Waals surface area contributed by atoms with E-state index in [1.54, 1.807) is 0 Å². The van der Waals surface area contributed by atoms with Gasteiger partial charge >= 0.3 is 0 Å². The maximum absolute atomic E-state index is 6.63. The highest BCUT2D eigenvalue weighted by atomic mass is 16.5. The van der Waals surface area contributed by atoms with Gasteiger partial charge in [0, 0.05) is 11.1 Å². The van der Waals surface area contributed by atoms with Crippen LogP contribution in [0.25, 0.3) is 0 Å². The number of rotatable bonds is 16. The molecule has 140 valence electrons. The molecule has 0 spiro atoms. The molecule has 0 aromatic carbocycles. The number of hydrogen-bond acceptors (Lipinski definition) is 3. The van der Waals surface area contributed by atoms with Gasteiger partial charge in [0.2, 0.25) is 0 Å². The number of ether oxygens (including phenoxy) is 1. The highest BCUT2D eigenvalue weighted by Gasteiger charge is 2.28. The molecule has 0 amide bonds. The van der Waals surface area contributed by atoms with Gasteiger partial charge in [-0.2, -0.15) is 0 Å². The molecule has 0 aromatic rings. The third kappa shape index (κ3) is 11.1. The van der Waals surface area contributed by atoms with Crippen molar-refractivity contribution in [1.82, 2.24) is 0 Å². The fourth-order valence-electron chi connectivity index (χ4n) is 3.11. The summed E-state index contributed by atoms with van der Waals surface area (Å²) in [6.45, 7) is 10.2. The number of hydrogen-bond donors (Lipinski definition) is 2. The first-order valence-corrected chi connectivity index (χ1v) is 10.1. The van der Waals surface area contributed by atoms with E-state index in [-0.39, 0.29) is 11.1 Å². The van der Waals surface area contributed by atoms with E-state index in [0.29, 0.717) is 13.2 Å². The van der Waals surface area contributed by atoms with Crippen LogP contribution >= 0.6 is 0 Å². The van der Waals surface area contributed by atoms with Crippen LogP contribution in [0.15, 0.2) is 0 Å². The second kappa shape index (κ2) is 13.2. The van der Waals surface area contributed by atoms with E-state index in [2.05, 4.69) is 27.7 Å². The van der Waals surface area contributed by atoms with Gasteiger partial charge < -0.3 is 16.2 Å². The summed E-state index contributed by atoms with van der Waals surface area (Å²) in [6, 6.07) is 0. The number of unbranched alkanes of at least 4 members (excludes halogenated alkanes) is 4. The van der Waals surface area contributed by atoms with E-state index < -0.39 is 0 Å². The Balaban J connectivity index is 4.47. The largest absolute Gasteiger partial charge is 0.378 e. The molecule has 0 aliphatic carbocycles. The zero-order valence-corrected chi connectivity index (χ0v) is 16.5. The van der Waals surface area contributed by atoms with E-state index in [1.807, 2.05) is 0 Å². The molecule has 0 aliphatic heterocycles. The highest BCUT2D eigenvalue weighted by molar-refractivity contribution is 4.87. The van der Waals surface area contributed by atoms with Gasteiger partial charge in [0.25, 0.3) is 0 Å². The first-order chi connectivity index (χ1) is 10.9. The molecule has 0 aromatic heterocycles. The molecule has 0 aliphatic rings. The molecule has 0 saturated heterocycles. The highest BCUT2D eigenvalue weighted by Crippen LogP contribution is 2.23. The van der Waals surface area contributed by atoms with E-state index in [0.717, 1.165) is 25.7 Å². The maximum Gasteiger partial charge on any atom is 0.0647 e. The van der Waals surface area contributed by atoms with Gasteiger partial charge in [0.05, 0.1) is 13.2 Å². The average Bonchev–Trinajstić information content (AvgIpc) is 2.55. The van der Waals surface area contributed by atoms with Crippen LogP contribution in [0.5, 0.6) is 0 Å². The summed E-state index contributed by atoms with van der Waals surface area (Å²) in [7, 11) is 0. The van der Waals surface area contributed by atoms with Crippen LogP contribution in [0.2, 0.25) is 0 Å². The zero-order chi connectivity index (χ0) is 17.6. The molecule has 0 unspecified atom stereocenters. The van der Waals surface area contributed by atoms with Crippen molar-refractivity contribution in [3.63, 3.8) is 0 Å². The monoisotopic (exact) mass is 328 g/mol. The summed E-state index contributed by atoms with van der Waals surface area (Å²) >= 11 is 0. The van der Waals surface area contributed by atoms with Gasteiger partial charge in [0.15, 0.2) is 0 Å². The Hall–Kier alpha value is -0.120. The van der Waals surface area contributed by atoms with Gasteiger partial charge in [-0.1, -0.05) is 79.1 Å². The fraction of sp³-hybridized carbons (Fsp3) is 1.00. The summed E-state index contributed by atoms with van der Waals surface area (Å²) < 4.78 is 6.10. The minimum absolute atomic E-state index is 0.164. The normalized spacial score (nSPS) is 12.8. The van der Waals surface area contributed by atoms with Crippen molar-refractivity contribution in [2.75, 3.05) is 13.2 Å². The topological polar surface area (TPSA) is 61.3 Å². The molecule has 0 rings (SSSR count). The van der Waals surface area contributed by atoms with Crippen molar-refractivity contribution < 1.29 is 4.74 Å². The molecule has 0 atom stereocenters. The van der Waals surface area contributed by atoms with E-state index in [4.69, 9.17) is 16.2 Å². The predicted molar refractivity (Wildman–Crippen MR) is 103 cm³/mol. The smallest absolute Gasteiger partial charge is 0.0647 e. The molecular formula is C20H44N2O. The minimum atomic E-state index is -0.164. The van der Waals surface area contributed by atoms with Crippen LogP contribution in [0, 0.1) is 0 Å². The van der Waals surface area contributed by atoms with Crippen molar-refractivity contribution in [3.8, 4) is 0 Å². The quantitative estimate of drug-likeness (QED) is 0.411. The summed E-state index contributed by atoms with van der Waals surface area (Å²) in [6.07, 6.45) is 13.7. The fourth-order valence-corrected chi connectivity index (χ4v) is 3.11. The van der Waals surface area contributed by atoms with Crippen molar-refractivity contribution in [3.05, 3.63) is 0 Å². The Morgan fingerprint density at radius 1 is 0.565 bits per heavy atom. The zero-order valence-electron chi connectivity index (χ0n) is 16.5. The molecular weight excluding hydrogens is 284 g/mol. The minimum Gasteiger partial charge on any atom is -0.378 e. The lowest BCUT2D eigenvalue weighted by atomic mass is 9.87. The lowest BCUT2D eigenvalue weighted by Gasteiger charge is -2.34. The van der Waals surface area contributed by atoms with Crippen molar-refractivity contribution in [2.24, 2.45) is 11.5 Å². The van der Waals surface area contributed by atoms with Crippen molar-refractivity contribution in [2.45, 2.75) is 116 Å². The molecule has 0 saturated carbocycles. The van der Waals surface area contributed by atoms with Gasteiger partial charge in [-0.05, 0) is 25.7 Å². The Morgan fingerprint density at radius 3 is 1.04 bits per heavy atom. The molecule has 4 N–H and O–H groups in total. The molecule has 23 heavy (non-hydrogen) atoms. The van der Waals surface area contributed by atoms with Crippen LogP contribution in [0.1, 0.15) is 105 Å². The summed E-state index contributed by atoms with van der Waals surface area (Å²) in [4.78, 5) is 0. The Labute approximate surface area is 145 Å². The van der Waals surface area contributed by atoms with Gasteiger partial charge in [-0.3, -0.25) is 0 Å². The Morgan fingerprint density at radius 2 is 0.826 bits per heavy atom. The van der Waals surface area contributed by atoms with E-state index in [9.17, 15) is 0 Å². The molecule has 0 heterocycles. The van der Waals surface area contributed by atoms with E-state index in [1.165, 1.54) is 51.4 Å². The molecule has 3 nitrogen and oxygen atoms in total. The molecule has 0 bridgehead atoms. The summed E-state index contributed by atoms with van der Waals surface area (Å²) in [5.41, 5.74) is 12.9. The first-order valence-electron chi connectivity index (χ1n) is 10.1. The van der Waals surface area contributed by atoms with Crippen molar-refractivity contribution in [1.29, 1.82) is 0 Å². The Bertz CT molecular complexity index is 226. The van der Waals surface area contributed by atoms with Crippen LogP contribution in [0.3, 0.4) is 0 Å². The average molecular weight is 329 g/mol. The van der Waals surface area contributed by atoms with Gasteiger partial charge in [-0.15, -0.1) is 0 Å². The first kappa shape index (κ1) is 22.9. The lowest BCUT2D eigenvalue weighted by molar-refractivity contribution is 0.0357. The summed E-state index contributed by atoms with van der Waals surface area (Å²) in [5, 5.41) is 0. The molecule has 0 fully saturated rings. The number of nitrogens with two attached hydrogens (primary N) is 2. The summed E-state index contributed by atoms with van der Waals surface area (Å²) in [5.74, 6) is 0. The molecule has 0 radical (unpaired) electrons. The van der Waals surface area contributed by atoms with Crippen LogP contribution in [-0.2, 0) is 4.74 Å². The Kier molecular flexibility index (Phi) is 13.1. The third-order valence-electron chi connectivity index (χ3n) is 4.89. The lowest BCUT2D eigenvalue weighted by Crippen LogP contribution is -2.49. The second-order valence-corrected chi connectivity index (χ2v) is 7.63. The third-order valence-corrected chi connectivity index (χ3v) is 4.89. The van der Waals surface area contributed by atoms with Gasteiger partial charge in [-0.25, -0.2) is 0 Å². The molecule has 3 heteroatoms. The van der Waals surface area contributed by atoms with Crippen LogP contribution < -0.4 is 11.5 Å². The van der Waals surface area contributed by atoms with E-state index >= 15 is 0 Å². The predicted octanol–water partition coefficient (Wildman–Crippen LogP) is 5.16. The van der Waals surface area contributed by atoms with Gasteiger partial charge in [0.1, 0.15) is 0 Å². The van der Waals surface area contributed by atoms with Crippen LogP contribution in [0.4, 0.5) is 0 Å². The standard InChI is InChI=1S/C20H44N2O/c1-5-9-13-19(21,14-10-6-2)17-23-18-20(22,15-11-7-3)16-12-8-4/h5-18,21-22H2,1-4H3.